The van der Waals surface area contributed by atoms with Gasteiger partial charge in [-0.2, -0.15) is 0 Å². The van der Waals surface area contributed by atoms with Gasteiger partial charge in [-0.15, -0.1) is 24.5 Å². The van der Waals surface area contributed by atoms with Gasteiger partial charge in [0.05, 0.1) is 5.69 Å². The van der Waals surface area contributed by atoms with E-state index >= 15 is 0 Å². The molecule has 2 aromatic carbocycles. The van der Waals surface area contributed by atoms with E-state index < -0.39 is 0 Å². The van der Waals surface area contributed by atoms with Gasteiger partial charge in [0.15, 0.2) is 0 Å². The lowest BCUT2D eigenvalue weighted by atomic mass is 9.34. The molecule has 5 aliphatic rings. The number of nitrogens with zero attached hydrogens (tertiary/aromatic N) is 2. The second-order valence-corrected chi connectivity index (χ2v) is 21.4. The van der Waals surface area contributed by atoms with Gasteiger partial charge in [-0.1, -0.05) is 99.1 Å². The minimum absolute atomic E-state index is 0.146. The molecule has 3 aliphatic carbocycles. The minimum Gasteiger partial charge on any atom is -0.342 e. The molecule has 4 heteroatoms. The third kappa shape index (κ3) is 5.62. The van der Waals surface area contributed by atoms with Gasteiger partial charge in [-0.3, -0.25) is 0 Å². The number of thiophene rings is 1. The summed E-state index contributed by atoms with van der Waals surface area (Å²) in [5.41, 5.74) is 15.5. The Morgan fingerprint density at radius 2 is 1.55 bits per heavy atom. The van der Waals surface area contributed by atoms with Gasteiger partial charge >= 0.3 is 0 Å². The lowest BCUT2D eigenvalue weighted by Gasteiger charge is -2.53. The van der Waals surface area contributed by atoms with E-state index in [2.05, 4.69) is 165 Å². The first-order valence-electron chi connectivity index (χ1n) is 20.6. The highest BCUT2D eigenvalue weighted by Crippen LogP contribution is 2.58. The van der Waals surface area contributed by atoms with Crippen molar-refractivity contribution in [1.82, 2.24) is 0 Å². The molecule has 8 rings (SSSR count). The minimum atomic E-state index is 0.146. The van der Waals surface area contributed by atoms with Crippen molar-refractivity contribution in [2.45, 2.75) is 126 Å². The molecule has 1 aromatic heterocycles. The topological polar surface area (TPSA) is 6.48 Å². The van der Waals surface area contributed by atoms with Gasteiger partial charge in [0.25, 0.3) is 6.71 Å². The highest BCUT2D eigenvalue weighted by atomic mass is 32.1. The van der Waals surface area contributed by atoms with Crippen molar-refractivity contribution in [2.24, 2.45) is 28.6 Å². The third-order valence-corrected chi connectivity index (χ3v) is 15.8. The van der Waals surface area contributed by atoms with E-state index in [4.69, 9.17) is 0 Å². The molecule has 2 aliphatic heterocycles. The summed E-state index contributed by atoms with van der Waals surface area (Å²) in [6, 6.07) is 10.2. The van der Waals surface area contributed by atoms with Crippen LogP contribution in [0.3, 0.4) is 0 Å². The molecular formula is C49H63BN2S. The third-order valence-electron chi connectivity index (χ3n) is 14.6. The molecule has 2 unspecified atom stereocenters. The maximum Gasteiger partial charge on any atom is 0.264 e. The number of benzene rings is 2. The van der Waals surface area contributed by atoms with Crippen molar-refractivity contribution in [3.63, 3.8) is 0 Å². The molecule has 2 atom stereocenters. The van der Waals surface area contributed by atoms with Crippen LogP contribution in [0.15, 0.2) is 84.7 Å². The molecule has 278 valence electrons. The normalized spacial score (nSPS) is 23.7. The second kappa shape index (κ2) is 12.4. The number of aryl methyl sites for hydroxylation is 1. The Balaban J connectivity index is 1.44. The summed E-state index contributed by atoms with van der Waals surface area (Å²) >= 11 is 2.07. The fraction of sp³-hybridized carbons (Fsp3) is 0.510. The Morgan fingerprint density at radius 3 is 2.21 bits per heavy atom. The largest absolute Gasteiger partial charge is 0.342 e. The second-order valence-electron chi connectivity index (χ2n) is 20.3. The smallest absolute Gasteiger partial charge is 0.264 e. The van der Waals surface area contributed by atoms with Crippen LogP contribution in [-0.4, -0.2) is 13.3 Å². The molecule has 0 bridgehead atoms. The maximum absolute atomic E-state index is 4.31. The van der Waals surface area contributed by atoms with Crippen molar-refractivity contribution in [1.29, 1.82) is 0 Å². The Labute approximate surface area is 325 Å². The summed E-state index contributed by atoms with van der Waals surface area (Å²) in [4.78, 5) is 5.26. The van der Waals surface area contributed by atoms with E-state index in [1.165, 1.54) is 79.8 Å². The van der Waals surface area contributed by atoms with Crippen LogP contribution < -0.4 is 20.0 Å². The summed E-state index contributed by atoms with van der Waals surface area (Å²) in [6.07, 6.45) is 18.9. The molecular weight excluding hydrogens is 659 g/mol. The number of hydrogen-bond acceptors (Lipinski definition) is 3. The average molecular weight is 723 g/mol. The van der Waals surface area contributed by atoms with Crippen LogP contribution in [0.4, 0.5) is 17.1 Å². The van der Waals surface area contributed by atoms with Crippen molar-refractivity contribution in [2.75, 3.05) is 16.3 Å². The Bertz CT molecular complexity index is 2130. The fourth-order valence-corrected chi connectivity index (χ4v) is 12.2. The van der Waals surface area contributed by atoms with E-state index in [-0.39, 0.29) is 28.4 Å². The average Bonchev–Trinajstić information content (AvgIpc) is 3.46. The molecule has 1 saturated carbocycles. The van der Waals surface area contributed by atoms with E-state index in [1.54, 1.807) is 16.7 Å². The number of hydrogen-bond donors (Lipinski definition) is 0. The zero-order valence-corrected chi connectivity index (χ0v) is 35.5. The number of fused-ring (bicyclic) bond motifs is 7. The van der Waals surface area contributed by atoms with Gasteiger partial charge in [-0.05, 0) is 137 Å². The summed E-state index contributed by atoms with van der Waals surface area (Å²) in [7, 11) is 0. The van der Waals surface area contributed by atoms with Gasteiger partial charge in [0.2, 0.25) is 0 Å². The Morgan fingerprint density at radius 1 is 0.887 bits per heavy atom. The van der Waals surface area contributed by atoms with Crippen LogP contribution in [0.25, 0.3) is 10.1 Å². The molecule has 2 nitrogen and oxygen atoms in total. The van der Waals surface area contributed by atoms with Crippen molar-refractivity contribution < 1.29 is 0 Å². The summed E-state index contributed by atoms with van der Waals surface area (Å²) in [6.45, 7) is 36.4. The van der Waals surface area contributed by atoms with Crippen molar-refractivity contribution in [3.05, 3.63) is 101 Å². The quantitative estimate of drug-likeness (QED) is 0.177. The van der Waals surface area contributed by atoms with E-state index in [1.807, 2.05) is 0 Å². The lowest BCUT2D eigenvalue weighted by molar-refractivity contribution is 0.120. The van der Waals surface area contributed by atoms with Crippen LogP contribution in [0.1, 0.15) is 124 Å². The molecule has 0 amide bonds. The summed E-state index contributed by atoms with van der Waals surface area (Å²) in [5.74, 6) is 1.55. The first kappa shape index (κ1) is 36.7. The fourth-order valence-electron chi connectivity index (χ4n) is 10.8. The van der Waals surface area contributed by atoms with Crippen LogP contribution in [0.2, 0.25) is 0 Å². The molecule has 3 heterocycles. The maximum atomic E-state index is 4.31. The molecule has 0 spiro atoms. The van der Waals surface area contributed by atoms with Gasteiger partial charge in [0.1, 0.15) is 0 Å². The van der Waals surface area contributed by atoms with Crippen LogP contribution in [0.5, 0.6) is 0 Å². The number of rotatable bonds is 7. The predicted molar refractivity (Wildman–Crippen MR) is 235 cm³/mol. The monoisotopic (exact) mass is 722 g/mol. The molecule has 0 N–H and O–H groups in total. The Hall–Kier alpha value is -3.24. The predicted octanol–water partition coefficient (Wildman–Crippen LogP) is 12.6. The highest BCUT2D eigenvalue weighted by molar-refractivity contribution is 7.33. The first-order chi connectivity index (χ1) is 24.9. The van der Waals surface area contributed by atoms with E-state index in [0.717, 1.165) is 19.4 Å². The van der Waals surface area contributed by atoms with E-state index in [0.29, 0.717) is 17.8 Å². The lowest BCUT2D eigenvalue weighted by Crippen LogP contribution is -2.57. The van der Waals surface area contributed by atoms with Crippen molar-refractivity contribution in [3.8, 4) is 0 Å². The van der Waals surface area contributed by atoms with Gasteiger partial charge in [0, 0.05) is 44.7 Å². The van der Waals surface area contributed by atoms with Crippen molar-refractivity contribution >= 4 is 55.4 Å². The van der Waals surface area contributed by atoms with Gasteiger partial charge < -0.3 is 9.80 Å². The molecule has 0 saturated heterocycles. The first-order valence-corrected chi connectivity index (χ1v) is 21.4. The highest BCUT2D eigenvalue weighted by Gasteiger charge is 2.51. The molecule has 1 fully saturated rings. The molecule has 3 aromatic rings. The van der Waals surface area contributed by atoms with Crippen LogP contribution in [-0.2, 0) is 10.8 Å². The van der Waals surface area contributed by atoms with Gasteiger partial charge in [-0.25, -0.2) is 0 Å². The molecule has 0 radical (unpaired) electrons. The summed E-state index contributed by atoms with van der Waals surface area (Å²) in [5, 5.41) is 1.42. The molecule has 53 heavy (non-hydrogen) atoms. The zero-order chi connectivity index (χ0) is 38.0. The van der Waals surface area contributed by atoms with Crippen LogP contribution in [0, 0.1) is 35.5 Å². The van der Waals surface area contributed by atoms with E-state index in [9.17, 15) is 0 Å². The standard InChI is InChI=1S/C49H63BN2S/c1-14-22-51-39-28-36-35(47(8,9)19-20-48(36,10)11)27-38(39)50-43-40(51)24-31(5)25-41(43)52(23-16-17-32(15-2)30(3)4)44-33-26-34-37(29-42(33)53-45(44)50)49(12,13)21-18-46(34,6)7/h14-16,23-27,29-30,32,36H,1-2,17-22,28H2,3-13H3/b23-16+. The SMILES string of the molecule is C=CCN1C2=C(C=C3C(C2)C(C)(C)CCC3(C)C)B2c3sc4cc5c(cc4c3N(/C=C/CC(C=C)C(C)C)c3cc(C)cc1c32)C(C)(C)CCC5(C)C. The Kier molecular flexibility index (Phi) is 8.58. The van der Waals surface area contributed by atoms with Crippen LogP contribution >= 0.6 is 11.3 Å². The number of allylic oxidation sites excluding steroid dienone is 6. The zero-order valence-electron chi connectivity index (χ0n) is 34.7. The summed E-state index contributed by atoms with van der Waals surface area (Å²) < 4.78 is 2.95. The number of anilines is 3.